The summed E-state index contributed by atoms with van der Waals surface area (Å²) < 4.78 is 29.4. The van der Waals surface area contributed by atoms with Crippen molar-refractivity contribution in [3.05, 3.63) is 35.9 Å². The molecule has 130 valence electrons. The molecular weight excluding hydrogens is 310 g/mol. The highest BCUT2D eigenvalue weighted by Gasteiger charge is 2.24. The number of hydrogen-bond donors (Lipinski definition) is 1. The molecule has 1 unspecified atom stereocenters. The largest absolute Gasteiger partial charge is 0.305 e. The van der Waals surface area contributed by atoms with Gasteiger partial charge in [0.1, 0.15) is 0 Å². The molecule has 0 saturated carbocycles. The Kier molecular flexibility index (Phi) is 7.02. The number of likely N-dealkylation sites (N-methyl/N-ethyl adjacent to an activating group) is 1. The predicted octanol–water partition coefficient (Wildman–Crippen LogP) is 1.87. The Hall–Kier alpha value is -0.950. The molecule has 2 rings (SSSR count). The fourth-order valence-electron chi connectivity index (χ4n) is 2.90. The van der Waals surface area contributed by atoms with Gasteiger partial charge in [0.05, 0.1) is 0 Å². The van der Waals surface area contributed by atoms with Crippen LogP contribution in [0.2, 0.25) is 0 Å². The normalized spacial score (nSPS) is 18.7. The molecule has 0 bridgehead atoms. The van der Waals surface area contributed by atoms with Crippen LogP contribution >= 0.6 is 0 Å². The molecule has 0 amide bonds. The van der Waals surface area contributed by atoms with Gasteiger partial charge < -0.3 is 4.90 Å². The van der Waals surface area contributed by atoms with Crippen LogP contribution in [0.25, 0.3) is 0 Å². The Labute approximate surface area is 140 Å². The van der Waals surface area contributed by atoms with Gasteiger partial charge in [-0.25, -0.2) is 4.72 Å². The SMILES string of the molecule is CN(C)C(CNS(=O)(=O)N1CCCCCC1)Cc1ccccc1. The maximum Gasteiger partial charge on any atom is 0.279 e. The molecule has 23 heavy (non-hydrogen) atoms. The Balaban J connectivity index is 1.94. The average molecular weight is 340 g/mol. The lowest BCUT2D eigenvalue weighted by molar-refractivity contribution is 0.289. The molecule has 0 spiro atoms. The summed E-state index contributed by atoms with van der Waals surface area (Å²) in [6.07, 6.45) is 5.00. The molecule has 1 N–H and O–H groups in total. The van der Waals surface area contributed by atoms with Gasteiger partial charge in [-0.05, 0) is 38.9 Å². The molecule has 0 aromatic heterocycles. The van der Waals surface area contributed by atoms with E-state index in [0.717, 1.165) is 32.1 Å². The Morgan fingerprint density at radius 1 is 1.09 bits per heavy atom. The number of nitrogens with zero attached hydrogens (tertiary/aromatic N) is 2. The average Bonchev–Trinajstić information content (AvgIpc) is 2.82. The van der Waals surface area contributed by atoms with Crippen molar-refractivity contribution in [1.29, 1.82) is 0 Å². The van der Waals surface area contributed by atoms with E-state index in [9.17, 15) is 8.42 Å². The molecule has 1 fully saturated rings. The Morgan fingerprint density at radius 3 is 2.26 bits per heavy atom. The van der Waals surface area contributed by atoms with Gasteiger partial charge in [-0.15, -0.1) is 0 Å². The van der Waals surface area contributed by atoms with Crippen molar-refractivity contribution in [2.45, 2.75) is 38.1 Å². The van der Waals surface area contributed by atoms with Crippen LogP contribution in [0.5, 0.6) is 0 Å². The van der Waals surface area contributed by atoms with E-state index in [1.807, 2.05) is 32.3 Å². The molecule has 5 nitrogen and oxygen atoms in total. The number of benzene rings is 1. The molecule has 1 aliphatic heterocycles. The summed E-state index contributed by atoms with van der Waals surface area (Å²) in [6.45, 7) is 1.71. The summed E-state index contributed by atoms with van der Waals surface area (Å²) in [5.74, 6) is 0. The zero-order valence-electron chi connectivity index (χ0n) is 14.2. The van der Waals surface area contributed by atoms with Crippen LogP contribution in [-0.2, 0) is 16.6 Å². The van der Waals surface area contributed by atoms with E-state index in [-0.39, 0.29) is 6.04 Å². The summed E-state index contributed by atoms with van der Waals surface area (Å²) in [6, 6.07) is 10.3. The zero-order chi connectivity index (χ0) is 16.7. The topological polar surface area (TPSA) is 52.7 Å². The summed E-state index contributed by atoms with van der Waals surface area (Å²) >= 11 is 0. The van der Waals surface area contributed by atoms with Gasteiger partial charge in [0, 0.05) is 25.7 Å². The van der Waals surface area contributed by atoms with Crippen LogP contribution in [0.4, 0.5) is 0 Å². The fraction of sp³-hybridized carbons (Fsp3) is 0.647. The molecule has 0 aliphatic carbocycles. The maximum absolute atomic E-state index is 12.5. The smallest absolute Gasteiger partial charge is 0.279 e. The highest BCUT2D eigenvalue weighted by atomic mass is 32.2. The van der Waals surface area contributed by atoms with Gasteiger partial charge in [0.25, 0.3) is 10.2 Å². The first-order valence-corrected chi connectivity index (χ1v) is 9.88. The Morgan fingerprint density at radius 2 is 1.70 bits per heavy atom. The van der Waals surface area contributed by atoms with Gasteiger partial charge in [-0.3, -0.25) is 0 Å². The van der Waals surface area contributed by atoms with E-state index >= 15 is 0 Å². The lowest BCUT2D eigenvalue weighted by atomic mass is 10.1. The van der Waals surface area contributed by atoms with Crippen LogP contribution < -0.4 is 4.72 Å². The third kappa shape index (κ3) is 5.88. The second-order valence-electron chi connectivity index (χ2n) is 6.47. The van der Waals surface area contributed by atoms with E-state index in [4.69, 9.17) is 0 Å². The van der Waals surface area contributed by atoms with E-state index in [1.165, 1.54) is 5.56 Å². The van der Waals surface area contributed by atoms with Crippen molar-refractivity contribution in [2.75, 3.05) is 33.7 Å². The van der Waals surface area contributed by atoms with Crippen molar-refractivity contribution in [3.8, 4) is 0 Å². The molecule has 1 aromatic carbocycles. The fourth-order valence-corrected chi connectivity index (χ4v) is 4.22. The molecule has 0 radical (unpaired) electrons. The standard InChI is InChI=1S/C17H29N3O2S/c1-19(2)17(14-16-10-6-5-7-11-16)15-18-23(21,22)20-12-8-3-4-9-13-20/h5-7,10-11,17-18H,3-4,8-9,12-15H2,1-2H3. The third-order valence-corrected chi connectivity index (χ3v) is 6.03. The van der Waals surface area contributed by atoms with Gasteiger partial charge in [0.2, 0.25) is 0 Å². The van der Waals surface area contributed by atoms with Gasteiger partial charge in [-0.1, -0.05) is 43.2 Å². The Bertz CT molecular complexity index is 552. The number of nitrogens with one attached hydrogen (secondary N) is 1. The van der Waals surface area contributed by atoms with E-state index < -0.39 is 10.2 Å². The molecule has 1 aliphatic rings. The van der Waals surface area contributed by atoms with E-state index in [1.54, 1.807) is 4.31 Å². The van der Waals surface area contributed by atoms with Crippen LogP contribution in [0, 0.1) is 0 Å². The van der Waals surface area contributed by atoms with Crippen LogP contribution in [0.1, 0.15) is 31.2 Å². The minimum atomic E-state index is -3.37. The molecule has 1 heterocycles. The molecule has 1 aromatic rings. The van der Waals surface area contributed by atoms with Crippen LogP contribution in [-0.4, -0.2) is 57.4 Å². The van der Waals surface area contributed by atoms with Crippen molar-refractivity contribution in [3.63, 3.8) is 0 Å². The lowest BCUT2D eigenvalue weighted by Crippen LogP contribution is -2.47. The minimum absolute atomic E-state index is 0.138. The van der Waals surface area contributed by atoms with Gasteiger partial charge in [0.15, 0.2) is 0 Å². The quantitative estimate of drug-likeness (QED) is 0.825. The summed E-state index contributed by atoms with van der Waals surface area (Å²) in [5.41, 5.74) is 1.22. The maximum atomic E-state index is 12.5. The third-order valence-electron chi connectivity index (χ3n) is 4.45. The summed E-state index contributed by atoms with van der Waals surface area (Å²) in [7, 11) is 0.617. The van der Waals surface area contributed by atoms with Crippen LogP contribution in [0.15, 0.2) is 30.3 Å². The van der Waals surface area contributed by atoms with Gasteiger partial charge in [-0.2, -0.15) is 12.7 Å². The molecule has 6 heteroatoms. The zero-order valence-corrected chi connectivity index (χ0v) is 15.1. The van der Waals surface area contributed by atoms with Crippen molar-refractivity contribution >= 4 is 10.2 Å². The van der Waals surface area contributed by atoms with Gasteiger partial charge >= 0.3 is 0 Å². The van der Waals surface area contributed by atoms with Crippen molar-refractivity contribution < 1.29 is 8.42 Å². The summed E-state index contributed by atoms with van der Waals surface area (Å²) in [4.78, 5) is 2.08. The highest BCUT2D eigenvalue weighted by molar-refractivity contribution is 7.87. The first kappa shape index (κ1) is 18.4. The predicted molar refractivity (Wildman–Crippen MR) is 94.6 cm³/mol. The first-order valence-electron chi connectivity index (χ1n) is 8.44. The molecule has 1 saturated heterocycles. The molecule has 1 atom stereocenters. The van der Waals surface area contributed by atoms with E-state index in [2.05, 4.69) is 21.8 Å². The van der Waals surface area contributed by atoms with Crippen LogP contribution in [0.3, 0.4) is 0 Å². The summed E-state index contributed by atoms with van der Waals surface area (Å²) in [5, 5.41) is 0. The van der Waals surface area contributed by atoms with Crippen molar-refractivity contribution in [1.82, 2.24) is 13.9 Å². The van der Waals surface area contributed by atoms with Crippen molar-refractivity contribution in [2.24, 2.45) is 0 Å². The molecular formula is C17H29N3O2S. The number of hydrogen-bond acceptors (Lipinski definition) is 3. The highest BCUT2D eigenvalue weighted by Crippen LogP contribution is 2.13. The van der Waals surface area contributed by atoms with E-state index in [0.29, 0.717) is 19.6 Å². The second-order valence-corrected chi connectivity index (χ2v) is 8.23. The monoisotopic (exact) mass is 339 g/mol. The number of rotatable bonds is 7. The first-order chi connectivity index (χ1) is 11.0. The minimum Gasteiger partial charge on any atom is -0.305 e. The lowest BCUT2D eigenvalue weighted by Gasteiger charge is -2.27. The second kappa shape index (κ2) is 8.78.